The maximum atomic E-state index is 13.6. The van der Waals surface area contributed by atoms with Crippen molar-refractivity contribution in [2.24, 2.45) is 0 Å². The average molecular weight is 607 g/mol. The quantitative estimate of drug-likeness (QED) is 0.108. The molecule has 0 aliphatic heterocycles. The summed E-state index contributed by atoms with van der Waals surface area (Å²) in [6, 6.07) is 38.0. The van der Waals surface area contributed by atoms with Crippen molar-refractivity contribution in [3.63, 3.8) is 0 Å². The van der Waals surface area contributed by atoms with Crippen molar-refractivity contribution >= 4 is 38.6 Å². The zero-order valence-electron chi connectivity index (χ0n) is 21.7. The van der Waals surface area contributed by atoms with E-state index >= 15 is 0 Å². The molecular formula is C32H24F2O4S3. The zero-order chi connectivity index (χ0) is 29.4. The largest absolute Gasteiger partial charge is 0.748 e. The summed E-state index contributed by atoms with van der Waals surface area (Å²) < 4.78 is 54.3. The summed E-state index contributed by atoms with van der Waals surface area (Å²) in [7, 11) is -4.41. The molecule has 0 bridgehead atoms. The third-order valence-corrected chi connectivity index (χ3v) is 8.79. The number of hydrogen-bond acceptors (Lipinski definition) is 5. The fourth-order valence-corrected chi connectivity index (χ4v) is 6.62. The van der Waals surface area contributed by atoms with E-state index in [1.165, 1.54) is 24.3 Å². The molecule has 5 aromatic rings. The van der Waals surface area contributed by atoms with Gasteiger partial charge in [-0.25, -0.2) is 17.2 Å². The van der Waals surface area contributed by atoms with Gasteiger partial charge in [-0.2, -0.15) is 0 Å². The molecular weight excluding hydrogens is 583 g/mol. The summed E-state index contributed by atoms with van der Waals surface area (Å²) in [6.45, 7) is 0. The number of carbonyl (C=O) groups is 1. The predicted molar refractivity (Wildman–Crippen MR) is 157 cm³/mol. The monoisotopic (exact) mass is 606 g/mol. The van der Waals surface area contributed by atoms with Crippen LogP contribution in [0.25, 0.3) is 0 Å². The topological polar surface area (TPSA) is 74.3 Å². The van der Waals surface area contributed by atoms with Crippen molar-refractivity contribution in [3.8, 4) is 0 Å². The average Bonchev–Trinajstić information content (AvgIpc) is 2.96. The summed E-state index contributed by atoms with van der Waals surface area (Å²) >= 11 is 1.61. The normalized spacial score (nSPS) is 11.0. The van der Waals surface area contributed by atoms with Gasteiger partial charge in [-0.15, -0.1) is 0 Å². The highest BCUT2D eigenvalue weighted by atomic mass is 32.2. The second kappa shape index (κ2) is 13.7. The maximum absolute atomic E-state index is 13.6. The van der Waals surface area contributed by atoms with Gasteiger partial charge in [0, 0.05) is 27.2 Å². The molecule has 0 saturated heterocycles. The van der Waals surface area contributed by atoms with Gasteiger partial charge in [0.15, 0.2) is 20.5 Å². The molecule has 0 spiro atoms. The Kier molecular flexibility index (Phi) is 10.1. The Labute approximate surface area is 245 Å². The number of ketones is 1. The van der Waals surface area contributed by atoms with E-state index in [1.807, 2.05) is 54.6 Å². The molecule has 0 atom stereocenters. The molecule has 0 amide bonds. The first kappa shape index (κ1) is 30.2. The van der Waals surface area contributed by atoms with Crippen molar-refractivity contribution in [2.45, 2.75) is 24.5 Å². The van der Waals surface area contributed by atoms with Gasteiger partial charge in [0.1, 0.15) is 11.6 Å². The minimum absolute atomic E-state index is 0.00474. The lowest BCUT2D eigenvalue weighted by atomic mass is 10.0. The van der Waals surface area contributed by atoms with Crippen LogP contribution in [0.15, 0.2) is 152 Å². The Morgan fingerprint density at radius 3 is 1.37 bits per heavy atom. The molecule has 0 fully saturated rings. The first-order valence-corrected chi connectivity index (χ1v) is 16.1. The Bertz CT molecular complexity index is 1640. The highest BCUT2D eigenvalue weighted by Gasteiger charge is 2.28. The molecule has 0 aliphatic rings. The Morgan fingerprint density at radius 2 is 0.951 bits per heavy atom. The zero-order valence-corrected chi connectivity index (χ0v) is 24.2. The van der Waals surface area contributed by atoms with Crippen molar-refractivity contribution in [3.05, 3.63) is 150 Å². The van der Waals surface area contributed by atoms with Gasteiger partial charge in [0.05, 0.1) is 21.0 Å². The van der Waals surface area contributed by atoms with E-state index in [9.17, 15) is 13.6 Å². The molecule has 0 aromatic heterocycles. The van der Waals surface area contributed by atoms with Crippen LogP contribution in [0.1, 0.15) is 15.9 Å². The van der Waals surface area contributed by atoms with Gasteiger partial charge < -0.3 is 4.55 Å². The molecule has 4 nitrogen and oxygen atoms in total. The van der Waals surface area contributed by atoms with Crippen molar-refractivity contribution in [1.29, 1.82) is 0 Å². The van der Waals surface area contributed by atoms with E-state index < -0.39 is 21.0 Å². The van der Waals surface area contributed by atoms with Crippen molar-refractivity contribution in [1.82, 2.24) is 0 Å². The molecule has 5 aromatic carbocycles. The SMILES string of the molecule is CS(=O)(=O)[O-].O=C(c1ccccc1)c1ccc(Sc2ccc([S+](c3ccc(F)cc3)c3ccc(F)cc3)cc2)cc1. The van der Waals surface area contributed by atoms with Gasteiger partial charge in [0.2, 0.25) is 0 Å². The summed E-state index contributed by atoms with van der Waals surface area (Å²) in [5.41, 5.74) is 1.33. The Morgan fingerprint density at radius 1 is 0.610 bits per heavy atom. The maximum Gasteiger partial charge on any atom is 0.193 e. The first-order chi connectivity index (χ1) is 19.6. The minimum atomic E-state index is -3.92. The molecule has 0 N–H and O–H groups in total. The molecule has 41 heavy (non-hydrogen) atoms. The summed E-state index contributed by atoms with van der Waals surface area (Å²) in [4.78, 5) is 17.7. The molecule has 0 aliphatic carbocycles. The summed E-state index contributed by atoms with van der Waals surface area (Å²) in [5.74, 6) is -0.570. The lowest BCUT2D eigenvalue weighted by Gasteiger charge is -2.09. The third kappa shape index (κ3) is 9.12. The van der Waals surface area contributed by atoms with Crippen LogP contribution in [0.5, 0.6) is 0 Å². The first-order valence-electron chi connectivity index (χ1n) is 12.2. The second-order valence-corrected chi connectivity index (χ2v) is 13.3. The van der Waals surface area contributed by atoms with Crippen LogP contribution in [-0.2, 0) is 21.0 Å². The van der Waals surface area contributed by atoms with E-state index in [0.29, 0.717) is 17.4 Å². The smallest absolute Gasteiger partial charge is 0.193 e. The van der Waals surface area contributed by atoms with Crippen molar-refractivity contribution in [2.75, 3.05) is 6.26 Å². The van der Waals surface area contributed by atoms with Crippen LogP contribution in [0.2, 0.25) is 0 Å². The number of rotatable bonds is 7. The lowest BCUT2D eigenvalue weighted by molar-refractivity contribution is 0.103. The second-order valence-electron chi connectivity index (χ2n) is 8.71. The highest BCUT2D eigenvalue weighted by Crippen LogP contribution is 2.34. The number of carbonyl (C=O) groups excluding carboxylic acids is 1. The lowest BCUT2D eigenvalue weighted by Crippen LogP contribution is -2.05. The van der Waals surface area contributed by atoms with E-state index in [2.05, 4.69) is 24.3 Å². The number of hydrogen-bond donors (Lipinski definition) is 0. The van der Waals surface area contributed by atoms with Crippen LogP contribution < -0.4 is 0 Å². The third-order valence-electron chi connectivity index (χ3n) is 5.55. The molecule has 0 heterocycles. The van der Waals surface area contributed by atoms with Gasteiger partial charge >= 0.3 is 0 Å². The minimum Gasteiger partial charge on any atom is -0.748 e. The molecule has 5 rings (SSSR count). The summed E-state index contributed by atoms with van der Waals surface area (Å²) in [6.07, 6.45) is 0.604. The van der Waals surface area contributed by atoms with Crippen LogP contribution >= 0.6 is 11.8 Å². The molecule has 208 valence electrons. The van der Waals surface area contributed by atoms with Crippen molar-refractivity contribution < 1.29 is 26.5 Å². The van der Waals surface area contributed by atoms with E-state index in [4.69, 9.17) is 13.0 Å². The predicted octanol–water partition coefficient (Wildman–Crippen LogP) is 7.60. The van der Waals surface area contributed by atoms with Gasteiger partial charge in [0.25, 0.3) is 0 Å². The van der Waals surface area contributed by atoms with E-state index in [1.54, 1.807) is 36.0 Å². The molecule has 0 saturated carbocycles. The standard InChI is InChI=1S/C31H21F2OS2.CH4O3S/c32-24-8-16-28(17-9-24)36(29-18-10-25(33)11-19-29)30-20-14-27(15-21-30)35-26-12-6-23(7-13-26)31(34)22-4-2-1-3-5-22;1-5(2,3)4/h1-21H;1H3,(H,2,3,4)/q+1;/p-1. The van der Waals surface area contributed by atoms with Gasteiger partial charge in [-0.1, -0.05) is 42.1 Å². The molecule has 9 heteroatoms. The van der Waals surface area contributed by atoms with Crippen LogP contribution in [-0.4, -0.2) is 25.0 Å². The Hall–Kier alpha value is -3.76. The van der Waals surface area contributed by atoms with Gasteiger partial charge in [-0.05, 0) is 97.1 Å². The van der Waals surface area contributed by atoms with E-state index in [-0.39, 0.29) is 17.4 Å². The van der Waals surface area contributed by atoms with Crippen LogP contribution in [0.3, 0.4) is 0 Å². The number of halogens is 2. The summed E-state index contributed by atoms with van der Waals surface area (Å²) in [5, 5.41) is 0. The fraction of sp³-hybridized carbons (Fsp3) is 0.0312. The number of benzene rings is 5. The Balaban J connectivity index is 0.000000714. The molecule has 0 radical (unpaired) electrons. The van der Waals surface area contributed by atoms with Crippen LogP contribution in [0.4, 0.5) is 8.78 Å². The van der Waals surface area contributed by atoms with E-state index in [0.717, 1.165) is 24.5 Å². The van der Waals surface area contributed by atoms with Crippen LogP contribution in [0, 0.1) is 11.6 Å². The molecule has 0 unspecified atom stereocenters. The fourth-order valence-electron chi connectivity index (χ4n) is 3.76. The highest BCUT2D eigenvalue weighted by molar-refractivity contribution is 7.99. The van der Waals surface area contributed by atoms with Gasteiger partial charge in [-0.3, -0.25) is 4.79 Å².